The zero-order chi connectivity index (χ0) is 56.1. The lowest BCUT2D eigenvalue weighted by Crippen LogP contribution is -2.68. The molecule has 13 unspecified atom stereocenters. The molecule has 448 valence electrons. The van der Waals surface area contributed by atoms with Gasteiger partial charge in [0.25, 0.3) is 0 Å². The number of ether oxygens (including phenoxy) is 14. The molecule has 35 heteroatoms. The Balaban J connectivity index is 1.08. The summed E-state index contributed by atoms with van der Waals surface area (Å²) in [7, 11) is 0. The first-order valence-corrected chi connectivity index (χ1v) is 24.6. The number of hydrogen-bond donors (Lipinski definition) is 21. The molecular weight excluding hydrogens is 1060 g/mol. The van der Waals surface area contributed by atoms with Crippen molar-refractivity contribution in [1.29, 1.82) is 0 Å². The van der Waals surface area contributed by atoms with E-state index in [2.05, 4.69) is 0 Å². The van der Waals surface area contributed by atoms with Crippen molar-refractivity contribution in [2.24, 2.45) is 0 Å². The fourth-order valence-corrected chi connectivity index (χ4v) is 10.4. The average Bonchev–Trinajstić information content (AvgIpc) is 3.47. The van der Waals surface area contributed by atoms with Crippen LogP contribution in [0.25, 0.3) is 0 Å². The Kier molecular flexibility index (Phi) is 20.8. The van der Waals surface area contributed by atoms with Gasteiger partial charge in [-0.1, -0.05) is 0 Å². The standard InChI is InChI=1S/C42H70O35/c43-1-8-29-15(50)22(57)36(64-8)72-30-9(2-44)66-38(24(59)17(30)52)74-32-11(4-46)68-40(26(61)19(32)54)76-34-13(6-48)70-42(28(63)21(34)56)77-35-14(7-49)69-41(27(62)20(35)55)75-33-12(5-47)67-39(25(60)18(33)53)73-31-10(3-45)65-37(71-29)23(58)16(31)51/h8-63H,1-7H2/t8-,9-,10-,11-,12-,13-,14-,15-,16-,17-,18-,19-,20-,21-,22-,23-,24-,25-,26-,27-,28-,29-,30?,31?,32?,33?,34?,35?,36?,37?,38?,39?,40?,41?,42?/m1/s1. The SMILES string of the molecule is OC[C@H]1OC2OC3[C@@H](CO)OC(OC4[C@@H](CO)OC(OC5[C@@H](CO)OC(OC6[C@@H](CO)OC(OC7[C@@H](CO)OC(O[C@H]8[C@H](O)[C@@H](O)C(OC1[C@H](O)[C@H]2O)O[C@@H]8CO)[C@H](O)[C@H]7O)[C@H](O)[C@H]6O)[C@H](O)[C@H]5O)[C@H](O)[C@H]4O)[C@H](O)[C@H]3O. The number of aliphatic hydroxyl groups is 21. The first kappa shape index (κ1) is 61.7. The van der Waals surface area contributed by atoms with Crippen molar-refractivity contribution in [3.63, 3.8) is 0 Å². The summed E-state index contributed by atoms with van der Waals surface area (Å²) in [5.41, 5.74) is 0. The third-order valence-electron chi connectivity index (χ3n) is 14.8. The number of aliphatic hydroxyl groups excluding tert-OH is 21. The van der Waals surface area contributed by atoms with E-state index in [9.17, 15) is 107 Å². The molecule has 21 heterocycles. The van der Waals surface area contributed by atoms with E-state index in [0.29, 0.717) is 0 Å². The fraction of sp³-hybridized carbons (Fsp3) is 1.00. The van der Waals surface area contributed by atoms with Crippen molar-refractivity contribution < 1.29 is 174 Å². The zero-order valence-electron chi connectivity index (χ0n) is 40.3. The molecule has 0 spiro atoms. The van der Waals surface area contributed by atoms with Crippen LogP contribution in [0.2, 0.25) is 0 Å². The van der Waals surface area contributed by atoms with E-state index < -0.39 is 261 Å². The van der Waals surface area contributed by atoms with Crippen molar-refractivity contribution in [3.8, 4) is 0 Å². The Bertz CT molecular complexity index is 1470. The molecule has 0 aromatic rings. The van der Waals surface area contributed by atoms with E-state index in [-0.39, 0.29) is 0 Å². The minimum atomic E-state index is -2.21. The molecule has 21 N–H and O–H groups in total. The van der Waals surface area contributed by atoms with Crippen LogP contribution >= 0.6 is 0 Å². The number of rotatable bonds is 7. The lowest BCUT2D eigenvalue weighted by Gasteiger charge is -2.50. The van der Waals surface area contributed by atoms with Crippen LogP contribution in [0.15, 0.2) is 0 Å². The Morgan fingerprint density at radius 2 is 0.260 bits per heavy atom. The molecule has 21 aliphatic rings. The van der Waals surface area contributed by atoms with E-state index in [1.165, 1.54) is 0 Å². The van der Waals surface area contributed by atoms with E-state index >= 15 is 0 Å². The molecule has 0 radical (unpaired) electrons. The van der Waals surface area contributed by atoms with Crippen LogP contribution in [-0.4, -0.2) is 368 Å². The fourth-order valence-electron chi connectivity index (χ4n) is 10.4. The Labute approximate surface area is 434 Å². The van der Waals surface area contributed by atoms with Gasteiger partial charge in [0.1, 0.15) is 171 Å². The molecule has 77 heavy (non-hydrogen) atoms. The summed E-state index contributed by atoms with van der Waals surface area (Å²) in [4.78, 5) is 0. The maximum Gasteiger partial charge on any atom is 0.187 e. The molecule has 0 amide bonds. The minimum Gasteiger partial charge on any atom is -0.394 e. The van der Waals surface area contributed by atoms with Gasteiger partial charge in [-0.2, -0.15) is 0 Å². The molecule has 14 bridgehead atoms. The second-order valence-electron chi connectivity index (χ2n) is 19.7. The largest absolute Gasteiger partial charge is 0.394 e. The van der Waals surface area contributed by atoms with Crippen LogP contribution < -0.4 is 0 Å². The van der Waals surface area contributed by atoms with Crippen LogP contribution in [0, 0.1) is 0 Å². The van der Waals surface area contributed by atoms with Gasteiger partial charge < -0.3 is 174 Å². The molecule has 21 aliphatic heterocycles. The molecule has 0 aromatic carbocycles. The van der Waals surface area contributed by atoms with Gasteiger partial charge in [0.05, 0.1) is 46.2 Å². The highest BCUT2D eigenvalue weighted by Gasteiger charge is 2.59. The summed E-state index contributed by atoms with van der Waals surface area (Å²) >= 11 is 0. The van der Waals surface area contributed by atoms with E-state index in [1.807, 2.05) is 0 Å². The van der Waals surface area contributed by atoms with Gasteiger partial charge in [0.15, 0.2) is 44.0 Å². The molecule has 0 aliphatic carbocycles. The topological polar surface area (TPSA) is 554 Å². The van der Waals surface area contributed by atoms with E-state index in [0.717, 1.165) is 0 Å². The van der Waals surface area contributed by atoms with Gasteiger partial charge in [0.2, 0.25) is 0 Å². The van der Waals surface area contributed by atoms with Crippen LogP contribution in [0.3, 0.4) is 0 Å². The average molecular weight is 1130 g/mol. The van der Waals surface area contributed by atoms with Crippen LogP contribution in [0.5, 0.6) is 0 Å². The highest BCUT2D eigenvalue weighted by atomic mass is 16.8. The normalized spacial score (nSPS) is 55.4. The zero-order valence-corrected chi connectivity index (χ0v) is 40.3. The Morgan fingerprint density at radius 3 is 0.351 bits per heavy atom. The van der Waals surface area contributed by atoms with Crippen LogP contribution in [0.1, 0.15) is 0 Å². The summed E-state index contributed by atoms with van der Waals surface area (Å²) in [6.45, 7) is -7.33. The third kappa shape index (κ3) is 12.1. The van der Waals surface area contributed by atoms with Crippen molar-refractivity contribution in [2.45, 2.75) is 215 Å². The first-order valence-electron chi connectivity index (χ1n) is 24.6. The molecule has 21 fully saturated rings. The van der Waals surface area contributed by atoms with Gasteiger partial charge in [-0.05, 0) is 0 Å². The second-order valence-corrected chi connectivity index (χ2v) is 19.7. The van der Waals surface area contributed by atoms with Crippen LogP contribution in [0.4, 0.5) is 0 Å². The molecule has 35 atom stereocenters. The quantitative estimate of drug-likeness (QED) is 0.113. The summed E-state index contributed by atoms with van der Waals surface area (Å²) in [6.07, 6.45) is -70.2. The van der Waals surface area contributed by atoms with E-state index in [4.69, 9.17) is 66.3 Å². The van der Waals surface area contributed by atoms with Crippen molar-refractivity contribution in [3.05, 3.63) is 0 Å². The molecule has 21 rings (SSSR count). The third-order valence-corrected chi connectivity index (χ3v) is 14.8. The minimum absolute atomic E-state index is 1.05. The van der Waals surface area contributed by atoms with Crippen molar-refractivity contribution in [1.82, 2.24) is 0 Å². The predicted molar refractivity (Wildman–Crippen MR) is 228 cm³/mol. The first-order chi connectivity index (χ1) is 36.7. The highest BCUT2D eigenvalue weighted by molar-refractivity contribution is 5.01. The smallest absolute Gasteiger partial charge is 0.187 e. The van der Waals surface area contributed by atoms with Gasteiger partial charge in [-0.15, -0.1) is 0 Å². The molecule has 0 saturated carbocycles. The summed E-state index contributed by atoms with van der Waals surface area (Å²) in [5, 5.41) is 230. The maximum absolute atomic E-state index is 11.3. The molecular formula is C42H70O35. The van der Waals surface area contributed by atoms with Gasteiger partial charge in [-0.3, -0.25) is 0 Å². The summed E-state index contributed by atoms with van der Waals surface area (Å²) in [6, 6.07) is 0. The Hall–Kier alpha value is -1.40. The second kappa shape index (κ2) is 26.0. The molecule has 35 nitrogen and oxygen atoms in total. The monoisotopic (exact) mass is 1130 g/mol. The van der Waals surface area contributed by atoms with Gasteiger partial charge >= 0.3 is 0 Å². The van der Waals surface area contributed by atoms with Crippen molar-refractivity contribution >= 4 is 0 Å². The maximum atomic E-state index is 11.3. The van der Waals surface area contributed by atoms with Gasteiger partial charge in [0, 0.05) is 0 Å². The number of hydrogen-bond acceptors (Lipinski definition) is 35. The summed E-state index contributed by atoms with van der Waals surface area (Å²) < 4.78 is 79.5. The Morgan fingerprint density at radius 1 is 0.156 bits per heavy atom. The van der Waals surface area contributed by atoms with Gasteiger partial charge in [-0.25, -0.2) is 0 Å². The van der Waals surface area contributed by atoms with Crippen LogP contribution in [-0.2, 0) is 66.3 Å². The predicted octanol–water partition coefficient (Wildman–Crippen LogP) is -15.2. The van der Waals surface area contributed by atoms with Crippen molar-refractivity contribution in [2.75, 3.05) is 46.2 Å². The highest BCUT2D eigenvalue weighted by Crippen LogP contribution is 2.39. The molecule has 0 aromatic heterocycles. The van der Waals surface area contributed by atoms with E-state index in [1.54, 1.807) is 0 Å². The lowest BCUT2D eigenvalue weighted by atomic mass is 9.95. The summed E-state index contributed by atoms with van der Waals surface area (Å²) in [5.74, 6) is 0. The molecule has 21 saturated heterocycles. The lowest BCUT2D eigenvalue weighted by molar-refractivity contribution is -0.396.